The van der Waals surface area contributed by atoms with Gasteiger partial charge in [-0.05, 0) is 25.0 Å². The van der Waals surface area contributed by atoms with Crippen molar-refractivity contribution in [3.8, 4) is 0 Å². The van der Waals surface area contributed by atoms with Crippen LogP contribution in [0, 0.1) is 10.1 Å². The minimum absolute atomic E-state index is 0.211. The van der Waals surface area contributed by atoms with E-state index in [-0.39, 0.29) is 6.61 Å². The van der Waals surface area contributed by atoms with Crippen molar-refractivity contribution in [2.75, 3.05) is 44.2 Å². The third kappa shape index (κ3) is 12.7. The van der Waals surface area contributed by atoms with Gasteiger partial charge in [0.15, 0.2) is 0 Å². The molecule has 2 heterocycles. The molecule has 1 fully saturated rings. The largest absolute Gasteiger partial charge is 0.354 e. The van der Waals surface area contributed by atoms with Crippen molar-refractivity contribution in [3.63, 3.8) is 0 Å². The molecule has 1 aliphatic heterocycles. The van der Waals surface area contributed by atoms with E-state index in [0.717, 1.165) is 75.6 Å². The van der Waals surface area contributed by atoms with Gasteiger partial charge in [0.1, 0.15) is 5.82 Å². The quantitative estimate of drug-likeness (QED) is 0.124. The van der Waals surface area contributed by atoms with E-state index in [4.69, 9.17) is 0 Å². The number of carbonyl (C=O) groups is 1. The van der Waals surface area contributed by atoms with Gasteiger partial charge in [-0.3, -0.25) is 10.0 Å². The van der Waals surface area contributed by atoms with Gasteiger partial charge in [-0.15, -0.1) is 10.1 Å². The van der Waals surface area contributed by atoms with Gasteiger partial charge in [0, 0.05) is 38.9 Å². The molecule has 1 aromatic rings. The Kier molecular flexibility index (Phi) is 14.7. The Bertz CT molecular complexity index is 713. The second-order valence-electron chi connectivity index (χ2n) is 9.22. The number of aromatic nitrogens is 1. The molecule has 10 nitrogen and oxygen atoms in total. The third-order valence-electron chi connectivity index (χ3n) is 6.38. The summed E-state index contributed by atoms with van der Waals surface area (Å²) in [6, 6.07) is 3.59. The van der Waals surface area contributed by atoms with Crippen molar-refractivity contribution >= 4 is 11.7 Å². The molecular weight excluding hydrogens is 450 g/mol. The zero-order valence-electron chi connectivity index (χ0n) is 21.0. The molecule has 2 N–H and O–H groups in total. The van der Waals surface area contributed by atoms with E-state index < -0.39 is 11.0 Å². The molecule has 0 aromatic carbocycles. The molecule has 0 saturated carbocycles. The molecule has 198 valence electrons. The summed E-state index contributed by atoms with van der Waals surface area (Å²) in [5, 5.41) is 23.6. The van der Waals surface area contributed by atoms with E-state index in [0.29, 0.717) is 12.1 Å². The first-order valence-corrected chi connectivity index (χ1v) is 13.3. The highest BCUT2D eigenvalue weighted by molar-refractivity contribution is 5.93. The van der Waals surface area contributed by atoms with Gasteiger partial charge in [-0.2, -0.15) is 0 Å². The normalized spacial score (nSPS) is 13.6. The standard InChI is InChI=1S/C25H43N5O5/c31-25(23-14-15-24(27-22-23)28-19-16-26-17-20-28)29(32)18-12-10-8-6-4-2-1-3-5-7-9-11-13-21-35-30(33)34/h14-15,22,26,32H,1-13,16-21H2. The molecule has 2 rings (SSSR count). The number of rotatable bonds is 19. The predicted molar refractivity (Wildman–Crippen MR) is 135 cm³/mol. The number of amides is 1. The van der Waals surface area contributed by atoms with Gasteiger partial charge in [-0.25, -0.2) is 10.0 Å². The smallest absolute Gasteiger partial charge is 0.294 e. The van der Waals surface area contributed by atoms with Crippen molar-refractivity contribution in [2.24, 2.45) is 0 Å². The molecular formula is C25H43N5O5. The van der Waals surface area contributed by atoms with Crippen LogP contribution in [0.2, 0.25) is 0 Å². The number of unbranched alkanes of at least 4 members (excludes halogenated alkanes) is 12. The number of hydroxylamine groups is 2. The van der Waals surface area contributed by atoms with Crippen LogP contribution in [0.1, 0.15) is 93.8 Å². The molecule has 1 saturated heterocycles. The number of hydrogen-bond acceptors (Lipinski definition) is 8. The van der Waals surface area contributed by atoms with Gasteiger partial charge in [0.25, 0.3) is 11.0 Å². The third-order valence-corrected chi connectivity index (χ3v) is 6.38. The lowest BCUT2D eigenvalue weighted by Crippen LogP contribution is -2.43. The Labute approximate surface area is 209 Å². The number of carbonyl (C=O) groups excluding carboxylic acids is 1. The predicted octanol–water partition coefficient (Wildman–Crippen LogP) is 4.60. The van der Waals surface area contributed by atoms with Crippen LogP contribution in [-0.2, 0) is 4.84 Å². The molecule has 35 heavy (non-hydrogen) atoms. The van der Waals surface area contributed by atoms with E-state index in [2.05, 4.69) is 20.0 Å². The first-order valence-electron chi connectivity index (χ1n) is 13.3. The van der Waals surface area contributed by atoms with Gasteiger partial charge < -0.3 is 15.1 Å². The first kappa shape index (κ1) is 28.8. The zero-order valence-corrected chi connectivity index (χ0v) is 21.0. The molecule has 0 radical (unpaired) electrons. The Hall–Kier alpha value is -2.46. The van der Waals surface area contributed by atoms with Crippen molar-refractivity contribution < 1.29 is 19.9 Å². The van der Waals surface area contributed by atoms with Crippen molar-refractivity contribution in [1.29, 1.82) is 0 Å². The van der Waals surface area contributed by atoms with Crippen LogP contribution in [0.5, 0.6) is 0 Å². The molecule has 0 atom stereocenters. The van der Waals surface area contributed by atoms with E-state index in [1.807, 2.05) is 6.07 Å². The van der Waals surface area contributed by atoms with Gasteiger partial charge >= 0.3 is 0 Å². The van der Waals surface area contributed by atoms with Gasteiger partial charge in [-0.1, -0.05) is 70.6 Å². The fourth-order valence-electron chi connectivity index (χ4n) is 4.29. The molecule has 0 spiro atoms. The molecule has 10 heteroatoms. The monoisotopic (exact) mass is 493 g/mol. The van der Waals surface area contributed by atoms with Crippen molar-refractivity contribution in [3.05, 3.63) is 34.0 Å². The minimum atomic E-state index is -0.727. The lowest BCUT2D eigenvalue weighted by atomic mass is 10.0. The summed E-state index contributed by atoms with van der Waals surface area (Å²) in [6.07, 6.45) is 15.9. The van der Waals surface area contributed by atoms with E-state index in [1.54, 1.807) is 12.3 Å². The maximum atomic E-state index is 12.4. The second-order valence-corrected chi connectivity index (χ2v) is 9.22. The van der Waals surface area contributed by atoms with Crippen LogP contribution in [0.3, 0.4) is 0 Å². The SMILES string of the molecule is O=C(c1ccc(N2CCNCC2)nc1)N(O)CCCCCCCCCCCCCCCO[N+](=O)[O-]. The van der Waals surface area contributed by atoms with Crippen LogP contribution in [0.25, 0.3) is 0 Å². The Morgan fingerprint density at radius 3 is 2.03 bits per heavy atom. The number of nitrogens with zero attached hydrogens (tertiary/aromatic N) is 4. The Morgan fingerprint density at radius 2 is 1.51 bits per heavy atom. The Morgan fingerprint density at radius 1 is 0.971 bits per heavy atom. The highest BCUT2D eigenvalue weighted by atomic mass is 16.9. The zero-order chi connectivity index (χ0) is 25.1. The van der Waals surface area contributed by atoms with E-state index in [1.165, 1.54) is 44.9 Å². The first-order chi connectivity index (χ1) is 17.1. The van der Waals surface area contributed by atoms with E-state index in [9.17, 15) is 20.1 Å². The molecule has 1 aliphatic rings. The van der Waals surface area contributed by atoms with Crippen LogP contribution < -0.4 is 10.2 Å². The number of anilines is 1. The van der Waals surface area contributed by atoms with Crippen LogP contribution in [0.15, 0.2) is 18.3 Å². The van der Waals surface area contributed by atoms with Gasteiger partial charge in [0.2, 0.25) is 0 Å². The average Bonchev–Trinajstić information content (AvgIpc) is 2.88. The second kappa shape index (κ2) is 17.9. The average molecular weight is 494 g/mol. The molecule has 1 amide bonds. The molecule has 0 unspecified atom stereocenters. The maximum Gasteiger partial charge on any atom is 0.294 e. The fourth-order valence-corrected chi connectivity index (χ4v) is 4.29. The van der Waals surface area contributed by atoms with Crippen LogP contribution in [0.4, 0.5) is 5.82 Å². The summed E-state index contributed by atoms with van der Waals surface area (Å²) in [6.45, 7) is 4.22. The Balaban J connectivity index is 1.41. The number of nitrogens with one attached hydrogen (secondary N) is 1. The van der Waals surface area contributed by atoms with E-state index >= 15 is 0 Å². The van der Waals surface area contributed by atoms with Crippen molar-refractivity contribution in [1.82, 2.24) is 15.4 Å². The van der Waals surface area contributed by atoms with Gasteiger partial charge in [0.05, 0.1) is 12.2 Å². The molecule has 1 aromatic heterocycles. The fraction of sp³-hybridized carbons (Fsp3) is 0.760. The molecule has 0 aliphatic carbocycles. The maximum absolute atomic E-state index is 12.4. The lowest BCUT2D eigenvalue weighted by Gasteiger charge is -2.28. The summed E-state index contributed by atoms with van der Waals surface area (Å²) in [7, 11) is 0. The topological polar surface area (TPSA) is 121 Å². The molecule has 0 bridgehead atoms. The minimum Gasteiger partial charge on any atom is -0.354 e. The number of piperazine rings is 1. The number of pyridine rings is 1. The summed E-state index contributed by atoms with van der Waals surface area (Å²) in [4.78, 5) is 33.3. The summed E-state index contributed by atoms with van der Waals surface area (Å²) in [5.41, 5.74) is 0.412. The van der Waals surface area contributed by atoms with Crippen LogP contribution in [-0.4, -0.2) is 65.6 Å². The lowest BCUT2D eigenvalue weighted by molar-refractivity contribution is -0.757. The highest BCUT2D eigenvalue weighted by Crippen LogP contribution is 2.15. The summed E-state index contributed by atoms with van der Waals surface area (Å²) in [5.74, 6) is 0.472. The van der Waals surface area contributed by atoms with Crippen LogP contribution >= 0.6 is 0 Å². The highest BCUT2D eigenvalue weighted by Gasteiger charge is 2.16. The number of hydrogen-bond donors (Lipinski definition) is 2. The summed E-state index contributed by atoms with van der Waals surface area (Å²) >= 11 is 0. The summed E-state index contributed by atoms with van der Waals surface area (Å²) < 4.78 is 0. The van der Waals surface area contributed by atoms with Crippen molar-refractivity contribution in [2.45, 2.75) is 83.5 Å².